The number of aromatic amines is 1. The lowest BCUT2D eigenvalue weighted by Gasteiger charge is -2.12. The van der Waals surface area contributed by atoms with Crippen LogP contribution in [0.4, 0.5) is 5.95 Å². The van der Waals surface area contributed by atoms with Crippen LogP contribution < -0.4 is 10.9 Å². The molecule has 0 spiro atoms. The minimum absolute atomic E-state index is 0.0196. The van der Waals surface area contributed by atoms with Crippen LogP contribution in [-0.4, -0.2) is 34.4 Å². The number of aromatic nitrogens is 2. The fourth-order valence-corrected chi connectivity index (χ4v) is 2.82. The Morgan fingerprint density at radius 1 is 1.35 bits per heavy atom. The van der Waals surface area contributed by atoms with Gasteiger partial charge in [-0.1, -0.05) is 24.3 Å². The van der Waals surface area contributed by atoms with Crippen molar-refractivity contribution in [3.8, 4) is 0 Å². The number of likely N-dealkylation sites (N-methyl/N-ethyl adjacent to an activating group) is 1. The van der Waals surface area contributed by atoms with Gasteiger partial charge in [0, 0.05) is 38.5 Å². The predicted molar refractivity (Wildman–Crippen MR) is 88.4 cm³/mol. The molecule has 1 aromatic heterocycles. The third-order valence-corrected chi connectivity index (χ3v) is 4.23. The van der Waals surface area contributed by atoms with Crippen molar-refractivity contribution >= 4 is 11.9 Å². The highest BCUT2D eigenvalue weighted by Crippen LogP contribution is 2.25. The molecule has 1 aliphatic rings. The fraction of sp³-hybridized carbons (Fsp3) is 0.353. The number of benzene rings is 1. The molecule has 2 N–H and O–H groups in total. The SMILES string of the molecule is Cc1ccccc1CNc1nc([C@H]2CC(=O)N(C)C2)cc(=O)[nH]1. The van der Waals surface area contributed by atoms with Gasteiger partial charge in [0.15, 0.2) is 0 Å². The summed E-state index contributed by atoms with van der Waals surface area (Å²) in [5.41, 5.74) is 2.79. The normalized spacial score (nSPS) is 17.6. The van der Waals surface area contributed by atoms with Crippen LogP contribution in [0.3, 0.4) is 0 Å². The largest absolute Gasteiger partial charge is 0.352 e. The first-order valence-corrected chi connectivity index (χ1v) is 7.66. The Morgan fingerprint density at radius 2 is 2.13 bits per heavy atom. The third-order valence-electron chi connectivity index (χ3n) is 4.23. The van der Waals surface area contributed by atoms with E-state index in [1.807, 2.05) is 31.2 Å². The number of aryl methyl sites for hydroxylation is 1. The molecule has 1 amide bonds. The standard InChI is InChI=1S/C17H20N4O2/c1-11-5-3-4-6-12(11)9-18-17-19-14(8-15(22)20-17)13-7-16(23)21(2)10-13/h3-6,8,13H,7,9-10H2,1-2H3,(H2,18,19,20,22)/t13-/m0/s1. The molecular formula is C17H20N4O2. The number of rotatable bonds is 4. The molecule has 0 unspecified atom stereocenters. The number of carbonyl (C=O) groups excluding carboxylic acids is 1. The maximum absolute atomic E-state index is 11.9. The van der Waals surface area contributed by atoms with Gasteiger partial charge < -0.3 is 10.2 Å². The lowest BCUT2D eigenvalue weighted by atomic mass is 10.0. The van der Waals surface area contributed by atoms with E-state index in [4.69, 9.17) is 0 Å². The zero-order valence-corrected chi connectivity index (χ0v) is 13.3. The zero-order chi connectivity index (χ0) is 16.4. The number of hydrogen-bond acceptors (Lipinski definition) is 4. The molecule has 0 saturated carbocycles. The molecule has 2 aromatic rings. The molecule has 1 saturated heterocycles. The molecule has 120 valence electrons. The van der Waals surface area contributed by atoms with E-state index in [0.717, 1.165) is 5.56 Å². The van der Waals surface area contributed by atoms with E-state index in [1.54, 1.807) is 11.9 Å². The molecule has 0 bridgehead atoms. The summed E-state index contributed by atoms with van der Waals surface area (Å²) >= 11 is 0. The molecule has 0 radical (unpaired) electrons. The molecule has 6 nitrogen and oxygen atoms in total. The molecule has 2 heterocycles. The number of anilines is 1. The molecule has 1 aromatic carbocycles. The Kier molecular flexibility index (Phi) is 4.14. The van der Waals surface area contributed by atoms with Gasteiger partial charge in [0.1, 0.15) is 0 Å². The predicted octanol–water partition coefficient (Wildman–Crippen LogP) is 1.64. The van der Waals surface area contributed by atoms with Crippen LogP contribution >= 0.6 is 0 Å². The fourth-order valence-electron chi connectivity index (χ4n) is 2.82. The second-order valence-corrected chi connectivity index (χ2v) is 5.97. The summed E-state index contributed by atoms with van der Waals surface area (Å²) < 4.78 is 0. The van der Waals surface area contributed by atoms with E-state index in [-0.39, 0.29) is 17.4 Å². The average Bonchev–Trinajstić information content (AvgIpc) is 2.86. The summed E-state index contributed by atoms with van der Waals surface area (Å²) in [5.74, 6) is 0.512. The molecule has 3 rings (SSSR count). The Morgan fingerprint density at radius 3 is 2.83 bits per heavy atom. The van der Waals surface area contributed by atoms with Gasteiger partial charge in [-0.05, 0) is 18.1 Å². The molecule has 0 aliphatic carbocycles. The number of likely N-dealkylation sites (tertiary alicyclic amines) is 1. The van der Waals surface area contributed by atoms with Gasteiger partial charge in [0.05, 0.1) is 5.69 Å². The zero-order valence-electron chi connectivity index (χ0n) is 13.3. The van der Waals surface area contributed by atoms with Crippen molar-refractivity contribution in [3.63, 3.8) is 0 Å². The minimum atomic E-state index is -0.204. The Bertz CT molecular complexity index is 784. The van der Waals surface area contributed by atoms with E-state index in [1.165, 1.54) is 11.6 Å². The Hall–Kier alpha value is -2.63. The quantitative estimate of drug-likeness (QED) is 0.899. The van der Waals surface area contributed by atoms with Crippen LogP contribution in [0, 0.1) is 6.92 Å². The second kappa shape index (κ2) is 6.24. The van der Waals surface area contributed by atoms with Crippen LogP contribution in [0.25, 0.3) is 0 Å². The van der Waals surface area contributed by atoms with Crippen molar-refractivity contribution < 1.29 is 4.79 Å². The highest BCUT2D eigenvalue weighted by atomic mass is 16.2. The van der Waals surface area contributed by atoms with E-state index in [9.17, 15) is 9.59 Å². The van der Waals surface area contributed by atoms with Gasteiger partial charge in [-0.25, -0.2) is 4.98 Å². The first-order chi connectivity index (χ1) is 11.0. The summed E-state index contributed by atoms with van der Waals surface area (Å²) in [4.78, 5) is 32.4. The highest BCUT2D eigenvalue weighted by Gasteiger charge is 2.29. The number of nitrogens with one attached hydrogen (secondary N) is 2. The smallest absolute Gasteiger partial charge is 0.252 e. The maximum Gasteiger partial charge on any atom is 0.252 e. The van der Waals surface area contributed by atoms with Crippen molar-refractivity contribution in [3.05, 3.63) is 57.5 Å². The van der Waals surface area contributed by atoms with Crippen molar-refractivity contribution in [1.82, 2.24) is 14.9 Å². The van der Waals surface area contributed by atoms with Crippen LogP contribution in [-0.2, 0) is 11.3 Å². The molecule has 6 heteroatoms. The summed E-state index contributed by atoms with van der Waals surface area (Å²) in [6.07, 6.45) is 0.407. The number of amides is 1. The lowest BCUT2D eigenvalue weighted by Crippen LogP contribution is -2.20. The Labute approximate surface area is 134 Å². The minimum Gasteiger partial charge on any atom is -0.352 e. The molecule has 1 fully saturated rings. The van der Waals surface area contributed by atoms with Gasteiger partial charge in [-0.3, -0.25) is 14.6 Å². The van der Waals surface area contributed by atoms with Gasteiger partial charge in [-0.15, -0.1) is 0 Å². The molecular weight excluding hydrogens is 292 g/mol. The van der Waals surface area contributed by atoms with Crippen LogP contribution in [0.15, 0.2) is 35.1 Å². The van der Waals surface area contributed by atoms with E-state index < -0.39 is 0 Å². The average molecular weight is 312 g/mol. The third kappa shape index (κ3) is 3.41. The van der Waals surface area contributed by atoms with E-state index in [2.05, 4.69) is 15.3 Å². The maximum atomic E-state index is 11.9. The van der Waals surface area contributed by atoms with Gasteiger partial charge >= 0.3 is 0 Å². The van der Waals surface area contributed by atoms with Gasteiger partial charge in [-0.2, -0.15) is 0 Å². The lowest BCUT2D eigenvalue weighted by molar-refractivity contribution is -0.126. The monoisotopic (exact) mass is 312 g/mol. The van der Waals surface area contributed by atoms with Crippen LogP contribution in [0.1, 0.15) is 29.2 Å². The number of carbonyl (C=O) groups is 1. The summed E-state index contributed by atoms with van der Waals surface area (Å²) in [7, 11) is 1.77. The highest BCUT2D eigenvalue weighted by molar-refractivity contribution is 5.79. The topological polar surface area (TPSA) is 78.1 Å². The summed E-state index contributed by atoms with van der Waals surface area (Å²) in [5, 5.41) is 3.16. The molecule has 23 heavy (non-hydrogen) atoms. The van der Waals surface area contributed by atoms with Gasteiger partial charge in [0.2, 0.25) is 11.9 Å². The number of nitrogens with zero attached hydrogens (tertiary/aromatic N) is 2. The summed E-state index contributed by atoms with van der Waals surface area (Å²) in [6, 6.07) is 9.54. The number of H-pyrrole nitrogens is 1. The van der Waals surface area contributed by atoms with Crippen LogP contribution in [0.5, 0.6) is 0 Å². The van der Waals surface area contributed by atoms with E-state index in [0.29, 0.717) is 31.2 Å². The van der Waals surface area contributed by atoms with Crippen molar-refractivity contribution in [2.45, 2.75) is 25.8 Å². The van der Waals surface area contributed by atoms with Crippen molar-refractivity contribution in [2.24, 2.45) is 0 Å². The van der Waals surface area contributed by atoms with Crippen molar-refractivity contribution in [2.75, 3.05) is 18.9 Å². The van der Waals surface area contributed by atoms with Crippen molar-refractivity contribution in [1.29, 1.82) is 0 Å². The van der Waals surface area contributed by atoms with Crippen LogP contribution in [0.2, 0.25) is 0 Å². The van der Waals surface area contributed by atoms with Gasteiger partial charge in [0.25, 0.3) is 5.56 Å². The summed E-state index contributed by atoms with van der Waals surface area (Å²) in [6.45, 7) is 3.23. The second-order valence-electron chi connectivity index (χ2n) is 5.97. The first kappa shape index (κ1) is 15.3. The molecule has 1 atom stereocenters. The molecule has 1 aliphatic heterocycles. The number of hydrogen-bond donors (Lipinski definition) is 2. The first-order valence-electron chi connectivity index (χ1n) is 7.66. The Balaban J connectivity index is 1.77. The van der Waals surface area contributed by atoms with E-state index >= 15 is 0 Å².